The second-order valence-corrected chi connectivity index (χ2v) is 10.4. The van der Waals surface area contributed by atoms with Gasteiger partial charge in [0.05, 0.1) is 6.61 Å². The Kier molecular flexibility index (Phi) is 13.6. The largest absolute Gasteiger partial charge is 0.461 e. The van der Waals surface area contributed by atoms with E-state index in [2.05, 4.69) is 34.6 Å². The van der Waals surface area contributed by atoms with Crippen LogP contribution in [0.4, 0.5) is 0 Å². The van der Waals surface area contributed by atoms with Crippen LogP contribution in [0.3, 0.4) is 0 Å². The van der Waals surface area contributed by atoms with Gasteiger partial charge in [0, 0.05) is 0 Å². The SMILES string of the molecule is CC(C)CCCC(C)CCCC(C)CCCC(C)CCOC(=O)c1cccs1. The Bertz CT molecular complexity index is 495. The van der Waals surface area contributed by atoms with E-state index in [1.165, 1.54) is 69.1 Å². The lowest BCUT2D eigenvalue weighted by molar-refractivity contribution is 0.0489. The molecule has 0 N–H and O–H groups in total. The zero-order valence-corrected chi connectivity index (χ0v) is 19.9. The number of ether oxygens (including phenoxy) is 1. The van der Waals surface area contributed by atoms with Gasteiger partial charge in [-0.1, -0.05) is 98.5 Å². The fourth-order valence-corrected chi connectivity index (χ4v) is 4.37. The van der Waals surface area contributed by atoms with Crippen molar-refractivity contribution >= 4 is 17.3 Å². The summed E-state index contributed by atoms with van der Waals surface area (Å²) in [6.45, 7) is 12.3. The van der Waals surface area contributed by atoms with E-state index in [1.54, 1.807) is 0 Å². The maximum atomic E-state index is 11.8. The van der Waals surface area contributed by atoms with Crippen LogP contribution in [0.2, 0.25) is 0 Å². The Hall–Kier alpha value is -0.830. The summed E-state index contributed by atoms with van der Waals surface area (Å²) in [5, 5.41) is 1.91. The summed E-state index contributed by atoms with van der Waals surface area (Å²) < 4.78 is 5.37. The van der Waals surface area contributed by atoms with Gasteiger partial charge >= 0.3 is 5.97 Å². The number of esters is 1. The van der Waals surface area contributed by atoms with E-state index < -0.39 is 0 Å². The highest BCUT2D eigenvalue weighted by atomic mass is 32.1. The molecule has 0 aromatic carbocycles. The second kappa shape index (κ2) is 15.1. The van der Waals surface area contributed by atoms with Crippen molar-refractivity contribution in [1.29, 1.82) is 0 Å². The number of thiophene rings is 1. The van der Waals surface area contributed by atoms with E-state index in [-0.39, 0.29) is 5.97 Å². The Labute approximate surface area is 178 Å². The average molecular weight is 409 g/mol. The predicted octanol–water partition coefficient (Wildman–Crippen LogP) is 8.37. The molecule has 0 aliphatic carbocycles. The van der Waals surface area contributed by atoms with Crippen LogP contribution in [0.25, 0.3) is 0 Å². The van der Waals surface area contributed by atoms with Gasteiger partial charge < -0.3 is 4.74 Å². The van der Waals surface area contributed by atoms with Crippen LogP contribution in [0.5, 0.6) is 0 Å². The van der Waals surface area contributed by atoms with E-state index in [9.17, 15) is 4.79 Å². The van der Waals surface area contributed by atoms with Crippen molar-refractivity contribution in [3.05, 3.63) is 22.4 Å². The summed E-state index contributed by atoms with van der Waals surface area (Å²) in [6, 6.07) is 3.71. The highest BCUT2D eigenvalue weighted by Gasteiger charge is 2.10. The summed E-state index contributed by atoms with van der Waals surface area (Å²) in [6.07, 6.45) is 13.2. The van der Waals surface area contributed by atoms with E-state index in [0.29, 0.717) is 17.4 Å². The van der Waals surface area contributed by atoms with Gasteiger partial charge in [-0.15, -0.1) is 11.3 Å². The topological polar surface area (TPSA) is 26.3 Å². The molecule has 3 unspecified atom stereocenters. The summed E-state index contributed by atoms with van der Waals surface area (Å²) >= 11 is 1.45. The van der Waals surface area contributed by atoms with Crippen molar-refractivity contribution in [2.75, 3.05) is 6.61 Å². The first kappa shape index (κ1) is 25.2. The molecule has 1 aromatic rings. The molecule has 1 aromatic heterocycles. The molecule has 0 spiro atoms. The number of carbonyl (C=O) groups excluding carboxylic acids is 1. The van der Waals surface area contributed by atoms with Gasteiger partial charge in [0.15, 0.2) is 0 Å². The Balaban J connectivity index is 1.98. The molecule has 0 aliphatic rings. The Morgan fingerprint density at radius 2 is 1.32 bits per heavy atom. The molecule has 0 bridgehead atoms. The van der Waals surface area contributed by atoms with Gasteiger partial charge in [-0.05, 0) is 41.5 Å². The minimum Gasteiger partial charge on any atom is -0.461 e. The Morgan fingerprint density at radius 1 is 0.821 bits per heavy atom. The lowest BCUT2D eigenvalue weighted by atomic mass is 9.91. The second-order valence-electron chi connectivity index (χ2n) is 9.40. The van der Waals surface area contributed by atoms with Crippen molar-refractivity contribution in [3.63, 3.8) is 0 Å². The van der Waals surface area contributed by atoms with Gasteiger partial charge in [-0.3, -0.25) is 0 Å². The van der Waals surface area contributed by atoms with Crippen LogP contribution in [-0.2, 0) is 4.74 Å². The van der Waals surface area contributed by atoms with E-state index in [4.69, 9.17) is 4.74 Å². The van der Waals surface area contributed by atoms with Gasteiger partial charge in [-0.2, -0.15) is 0 Å². The fraction of sp³-hybridized carbons (Fsp3) is 0.800. The summed E-state index contributed by atoms with van der Waals surface area (Å²) in [7, 11) is 0. The number of hydrogen-bond donors (Lipinski definition) is 0. The van der Waals surface area contributed by atoms with Crippen molar-refractivity contribution in [3.8, 4) is 0 Å². The van der Waals surface area contributed by atoms with Gasteiger partial charge in [0.25, 0.3) is 0 Å². The normalized spacial score (nSPS) is 14.8. The quantitative estimate of drug-likeness (QED) is 0.257. The number of carbonyl (C=O) groups is 1. The third kappa shape index (κ3) is 12.6. The molecule has 0 saturated carbocycles. The summed E-state index contributed by atoms with van der Waals surface area (Å²) in [4.78, 5) is 12.5. The van der Waals surface area contributed by atoms with Crippen molar-refractivity contribution in [1.82, 2.24) is 0 Å². The van der Waals surface area contributed by atoms with Gasteiger partial charge in [0.1, 0.15) is 4.88 Å². The third-order valence-electron chi connectivity index (χ3n) is 5.83. The predicted molar refractivity (Wildman–Crippen MR) is 123 cm³/mol. The van der Waals surface area contributed by atoms with E-state index in [1.807, 2.05) is 17.5 Å². The molecular formula is C25H44O2S. The molecule has 0 amide bonds. The molecule has 0 fully saturated rings. The van der Waals surface area contributed by atoms with Crippen molar-refractivity contribution in [2.45, 2.75) is 98.8 Å². The number of rotatable bonds is 16. The van der Waals surface area contributed by atoms with Crippen LogP contribution >= 0.6 is 11.3 Å². The molecule has 0 saturated heterocycles. The molecule has 1 heterocycles. The third-order valence-corrected chi connectivity index (χ3v) is 6.68. The zero-order chi connectivity index (χ0) is 20.8. The smallest absolute Gasteiger partial charge is 0.348 e. The molecule has 0 radical (unpaired) electrons. The van der Waals surface area contributed by atoms with Crippen LogP contribution in [0.1, 0.15) is 108 Å². The molecular weight excluding hydrogens is 364 g/mol. The van der Waals surface area contributed by atoms with Gasteiger partial charge in [0.2, 0.25) is 0 Å². The van der Waals surface area contributed by atoms with Crippen LogP contribution in [0.15, 0.2) is 17.5 Å². The minimum absolute atomic E-state index is 0.172. The average Bonchev–Trinajstić information content (AvgIpc) is 3.16. The van der Waals surface area contributed by atoms with Crippen molar-refractivity contribution < 1.29 is 9.53 Å². The van der Waals surface area contributed by atoms with E-state index in [0.717, 1.165) is 24.2 Å². The zero-order valence-electron chi connectivity index (χ0n) is 19.0. The lowest BCUT2D eigenvalue weighted by Crippen LogP contribution is -2.08. The van der Waals surface area contributed by atoms with E-state index >= 15 is 0 Å². The molecule has 2 nitrogen and oxygen atoms in total. The first-order valence-electron chi connectivity index (χ1n) is 11.6. The Morgan fingerprint density at radius 3 is 1.79 bits per heavy atom. The monoisotopic (exact) mass is 408 g/mol. The molecule has 0 aliphatic heterocycles. The van der Waals surface area contributed by atoms with Crippen LogP contribution < -0.4 is 0 Å². The number of hydrogen-bond acceptors (Lipinski definition) is 3. The van der Waals surface area contributed by atoms with Crippen LogP contribution in [-0.4, -0.2) is 12.6 Å². The molecule has 162 valence electrons. The molecule has 3 atom stereocenters. The summed E-state index contributed by atoms with van der Waals surface area (Å²) in [5.74, 6) is 3.04. The minimum atomic E-state index is -0.172. The first-order valence-corrected chi connectivity index (χ1v) is 12.5. The molecule has 28 heavy (non-hydrogen) atoms. The maximum Gasteiger partial charge on any atom is 0.348 e. The highest BCUT2D eigenvalue weighted by molar-refractivity contribution is 7.11. The fourth-order valence-electron chi connectivity index (χ4n) is 3.76. The van der Waals surface area contributed by atoms with Gasteiger partial charge in [-0.25, -0.2) is 4.79 Å². The summed E-state index contributed by atoms with van der Waals surface area (Å²) in [5.41, 5.74) is 0. The maximum absolute atomic E-state index is 11.8. The molecule has 3 heteroatoms. The standard InChI is InChI=1S/C25H44O2S/c1-20(2)10-6-11-21(3)12-7-13-22(4)14-8-15-23(5)17-18-27-25(26)24-16-9-19-28-24/h9,16,19-23H,6-8,10-15,17-18H2,1-5H3. The first-order chi connectivity index (χ1) is 13.4. The molecule has 1 rings (SSSR count). The lowest BCUT2D eigenvalue weighted by Gasteiger charge is -2.16. The van der Waals surface area contributed by atoms with Crippen molar-refractivity contribution in [2.24, 2.45) is 23.7 Å². The highest BCUT2D eigenvalue weighted by Crippen LogP contribution is 2.22. The van der Waals surface area contributed by atoms with Crippen LogP contribution in [0, 0.1) is 23.7 Å².